The Kier molecular flexibility index (Phi) is 8.37. The average molecular weight is 402 g/mol. The summed E-state index contributed by atoms with van der Waals surface area (Å²) in [5, 5.41) is 6.76. The minimum Gasteiger partial charge on any atom is -0.355 e. The number of aliphatic imine (C=N–C) groups is 1. The maximum atomic E-state index is 11.5. The Bertz CT molecular complexity index is 577. The van der Waals surface area contributed by atoms with Crippen LogP contribution >= 0.6 is 0 Å². The second-order valence-corrected chi connectivity index (χ2v) is 10.7. The summed E-state index contributed by atoms with van der Waals surface area (Å²) in [5.74, 6) is 1.64. The molecule has 2 aliphatic rings. The van der Waals surface area contributed by atoms with Gasteiger partial charge in [-0.15, -0.1) is 0 Å². The molecule has 27 heavy (non-hydrogen) atoms. The topological polar surface area (TPSA) is 85.8 Å². The van der Waals surface area contributed by atoms with Gasteiger partial charge in [-0.05, 0) is 45.4 Å². The van der Waals surface area contributed by atoms with E-state index in [1.54, 1.807) is 7.05 Å². The first-order chi connectivity index (χ1) is 12.7. The van der Waals surface area contributed by atoms with Crippen molar-refractivity contribution >= 4 is 16.0 Å². The molecule has 8 heteroatoms. The molecule has 0 radical (unpaired) electrons. The van der Waals surface area contributed by atoms with E-state index in [-0.39, 0.29) is 0 Å². The molecule has 2 rings (SSSR count). The van der Waals surface area contributed by atoms with Crippen LogP contribution < -0.4 is 15.4 Å². The molecular weight excluding hydrogens is 362 g/mol. The van der Waals surface area contributed by atoms with Gasteiger partial charge in [-0.1, -0.05) is 19.3 Å². The summed E-state index contributed by atoms with van der Waals surface area (Å²) < 4.78 is 25.6. The van der Waals surface area contributed by atoms with Gasteiger partial charge in [0.15, 0.2) is 5.96 Å². The molecule has 0 bridgehead atoms. The molecule has 1 saturated heterocycles. The predicted molar refractivity (Wildman–Crippen MR) is 113 cm³/mol. The van der Waals surface area contributed by atoms with Gasteiger partial charge in [-0.2, -0.15) is 0 Å². The van der Waals surface area contributed by atoms with Crippen molar-refractivity contribution in [2.45, 2.75) is 70.4 Å². The molecule has 3 N–H and O–H groups in total. The van der Waals surface area contributed by atoms with Crippen molar-refractivity contribution in [2.24, 2.45) is 10.9 Å². The molecule has 0 aromatic heterocycles. The van der Waals surface area contributed by atoms with E-state index in [9.17, 15) is 8.42 Å². The number of rotatable bonds is 7. The van der Waals surface area contributed by atoms with Crippen molar-refractivity contribution in [3.63, 3.8) is 0 Å². The molecule has 158 valence electrons. The largest absolute Gasteiger partial charge is 0.355 e. The summed E-state index contributed by atoms with van der Waals surface area (Å²) in [6.07, 6.45) is 10.5. The summed E-state index contributed by atoms with van der Waals surface area (Å²) in [4.78, 5) is 6.93. The molecule has 1 aliphatic carbocycles. The highest BCUT2D eigenvalue weighted by atomic mass is 32.2. The lowest BCUT2D eigenvalue weighted by Crippen LogP contribution is -2.55. The van der Waals surface area contributed by atoms with Crippen LogP contribution in [0.3, 0.4) is 0 Å². The van der Waals surface area contributed by atoms with Gasteiger partial charge in [0, 0.05) is 44.8 Å². The first kappa shape index (κ1) is 22.4. The number of nitrogens with one attached hydrogen (secondary N) is 3. The fraction of sp³-hybridized carbons (Fsp3) is 0.947. The van der Waals surface area contributed by atoms with E-state index in [1.807, 2.05) is 13.8 Å². The molecule has 1 aliphatic heterocycles. The van der Waals surface area contributed by atoms with E-state index in [2.05, 4.69) is 25.2 Å². The lowest BCUT2D eigenvalue weighted by Gasteiger charge is -2.36. The SMILES string of the molecule is CN=C(NCC(C)(C)NS(C)(=O)=O)NC1CCN(CC2CCCCC2)CC1. The lowest BCUT2D eigenvalue weighted by atomic mass is 9.88. The quantitative estimate of drug-likeness (QED) is 0.445. The smallest absolute Gasteiger partial charge is 0.209 e. The highest BCUT2D eigenvalue weighted by Crippen LogP contribution is 2.25. The maximum Gasteiger partial charge on any atom is 0.209 e. The Balaban J connectivity index is 1.71. The first-order valence-corrected chi connectivity index (χ1v) is 12.2. The van der Waals surface area contributed by atoms with Gasteiger partial charge in [0.25, 0.3) is 0 Å². The van der Waals surface area contributed by atoms with Crippen molar-refractivity contribution < 1.29 is 8.42 Å². The van der Waals surface area contributed by atoms with E-state index in [0.29, 0.717) is 12.6 Å². The third kappa shape index (κ3) is 8.79. The maximum absolute atomic E-state index is 11.5. The Hall–Kier alpha value is -0.860. The van der Waals surface area contributed by atoms with Gasteiger partial charge in [0.2, 0.25) is 10.0 Å². The van der Waals surface area contributed by atoms with Crippen LogP contribution in [0.1, 0.15) is 58.8 Å². The molecular formula is C19H39N5O2S. The van der Waals surface area contributed by atoms with E-state index in [0.717, 1.165) is 37.8 Å². The van der Waals surface area contributed by atoms with Gasteiger partial charge in [0.1, 0.15) is 0 Å². The van der Waals surface area contributed by atoms with Gasteiger partial charge in [-0.25, -0.2) is 13.1 Å². The van der Waals surface area contributed by atoms with E-state index in [1.165, 1.54) is 44.9 Å². The average Bonchev–Trinajstić information content (AvgIpc) is 2.59. The van der Waals surface area contributed by atoms with Crippen LogP contribution in [0.25, 0.3) is 0 Å². The van der Waals surface area contributed by atoms with Crippen LogP contribution in [0.5, 0.6) is 0 Å². The fourth-order valence-corrected chi connectivity index (χ4v) is 5.30. The zero-order valence-corrected chi connectivity index (χ0v) is 18.4. The summed E-state index contributed by atoms with van der Waals surface area (Å²) in [6, 6.07) is 0.421. The molecule has 1 saturated carbocycles. The number of likely N-dealkylation sites (tertiary alicyclic amines) is 1. The standard InChI is InChI=1S/C19H39N5O2S/c1-19(2,23-27(4,25)26)15-21-18(20-3)22-17-10-12-24(13-11-17)14-16-8-6-5-7-9-16/h16-17,23H,5-15H2,1-4H3,(H2,20,21,22). The minimum absolute atomic E-state index is 0.421. The molecule has 0 aromatic rings. The van der Waals surface area contributed by atoms with Crippen molar-refractivity contribution in [1.82, 2.24) is 20.3 Å². The molecule has 1 heterocycles. The van der Waals surface area contributed by atoms with Crippen molar-refractivity contribution in [3.8, 4) is 0 Å². The molecule has 7 nitrogen and oxygen atoms in total. The molecule has 0 atom stereocenters. The van der Waals surface area contributed by atoms with Gasteiger partial charge in [-0.3, -0.25) is 4.99 Å². The number of hydrogen-bond donors (Lipinski definition) is 3. The van der Waals surface area contributed by atoms with Crippen LogP contribution in [-0.2, 0) is 10.0 Å². The van der Waals surface area contributed by atoms with Crippen LogP contribution in [0, 0.1) is 5.92 Å². The van der Waals surface area contributed by atoms with Gasteiger partial charge in [0.05, 0.1) is 6.26 Å². The molecule has 0 unspecified atom stereocenters. The van der Waals surface area contributed by atoms with Crippen LogP contribution in [0.2, 0.25) is 0 Å². The molecule has 2 fully saturated rings. The van der Waals surface area contributed by atoms with Gasteiger partial charge < -0.3 is 15.5 Å². The number of piperidine rings is 1. The molecule has 0 aromatic carbocycles. The number of hydrogen-bond acceptors (Lipinski definition) is 4. The van der Waals surface area contributed by atoms with E-state index >= 15 is 0 Å². The number of nitrogens with zero attached hydrogens (tertiary/aromatic N) is 2. The Labute approximate surface area is 165 Å². The highest BCUT2D eigenvalue weighted by molar-refractivity contribution is 7.88. The van der Waals surface area contributed by atoms with Crippen LogP contribution in [0.15, 0.2) is 4.99 Å². The Morgan fingerprint density at radius 1 is 1.11 bits per heavy atom. The highest BCUT2D eigenvalue weighted by Gasteiger charge is 2.25. The Morgan fingerprint density at radius 2 is 1.74 bits per heavy atom. The fourth-order valence-electron chi connectivity index (χ4n) is 4.23. The zero-order chi connectivity index (χ0) is 19.9. The number of guanidine groups is 1. The second kappa shape index (κ2) is 10.1. The summed E-state index contributed by atoms with van der Waals surface area (Å²) in [5.41, 5.74) is -0.575. The normalized spacial score (nSPS) is 22.0. The van der Waals surface area contributed by atoms with Gasteiger partial charge >= 0.3 is 0 Å². The summed E-state index contributed by atoms with van der Waals surface area (Å²) >= 11 is 0. The van der Waals surface area contributed by atoms with E-state index < -0.39 is 15.6 Å². The van der Waals surface area contributed by atoms with E-state index in [4.69, 9.17) is 0 Å². The predicted octanol–water partition coefficient (Wildman–Crippen LogP) is 1.52. The summed E-state index contributed by atoms with van der Waals surface area (Å²) in [6.45, 7) is 7.75. The lowest BCUT2D eigenvalue weighted by molar-refractivity contribution is 0.160. The van der Waals surface area contributed by atoms with Crippen LogP contribution in [0.4, 0.5) is 0 Å². The summed E-state index contributed by atoms with van der Waals surface area (Å²) in [7, 11) is -1.48. The molecule has 0 amide bonds. The molecule has 0 spiro atoms. The van der Waals surface area contributed by atoms with Crippen molar-refractivity contribution in [2.75, 3.05) is 39.5 Å². The second-order valence-electron chi connectivity index (χ2n) is 8.91. The minimum atomic E-state index is -3.24. The first-order valence-electron chi connectivity index (χ1n) is 10.4. The van der Waals surface area contributed by atoms with Crippen molar-refractivity contribution in [1.29, 1.82) is 0 Å². The third-order valence-corrected chi connectivity index (χ3v) is 6.48. The third-order valence-electron chi connectivity index (χ3n) is 5.55. The number of sulfonamides is 1. The van der Waals surface area contributed by atoms with Crippen molar-refractivity contribution in [3.05, 3.63) is 0 Å². The Morgan fingerprint density at radius 3 is 2.30 bits per heavy atom. The van der Waals surface area contributed by atoms with Crippen LogP contribution in [-0.4, -0.2) is 70.3 Å². The zero-order valence-electron chi connectivity index (χ0n) is 17.6. The monoisotopic (exact) mass is 401 g/mol.